The van der Waals surface area contributed by atoms with Crippen LogP contribution in [0.5, 0.6) is 5.75 Å². The Bertz CT molecular complexity index is 528. The molecule has 0 saturated carbocycles. The molecule has 0 saturated heterocycles. The van der Waals surface area contributed by atoms with Crippen LogP contribution in [-0.2, 0) is 0 Å². The number of benzene rings is 1. The van der Waals surface area contributed by atoms with Crippen LogP contribution in [-0.4, -0.2) is 6.61 Å². The van der Waals surface area contributed by atoms with E-state index in [1.165, 1.54) is 0 Å². The summed E-state index contributed by atoms with van der Waals surface area (Å²) in [5.41, 5.74) is 1.70. The molecule has 3 nitrogen and oxygen atoms in total. The molecule has 20 heavy (non-hydrogen) atoms. The molecule has 1 aromatic carbocycles. The van der Waals surface area contributed by atoms with Crippen molar-refractivity contribution in [3.05, 3.63) is 54.0 Å². The first-order valence-electron chi connectivity index (χ1n) is 6.40. The number of ether oxygens (including phenoxy) is 1. The van der Waals surface area contributed by atoms with E-state index in [4.69, 9.17) is 4.42 Å². The number of nitrogens with one attached hydrogen (secondary N) is 1. The van der Waals surface area contributed by atoms with Gasteiger partial charge in [0.05, 0.1) is 12.5 Å². The van der Waals surface area contributed by atoms with Crippen LogP contribution in [0.3, 0.4) is 0 Å². The Hall–Kier alpha value is -1.88. The first-order valence-corrected chi connectivity index (χ1v) is 6.40. The lowest BCUT2D eigenvalue weighted by Gasteiger charge is -2.21. The van der Waals surface area contributed by atoms with Gasteiger partial charge in [0.1, 0.15) is 5.75 Å². The third-order valence-corrected chi connectivity index (χ3v) is 3.14. The van der Waals surface area contributed by atoms with Crippen LogP contribution in [0.25, 0.3) is 0 Å². The average Bonchev–Trinajstić information content (AvgIpc) is 2.92. The van der Waals surface area contributed by atoms with Crippen molar-refractivity contribution >= 4 is 0 Å². The van der Waals surface area contributed by atoms with Crippen LogP contribution in [0.4, 0.5) is 8.78 Å². The highest BCUT2D eigenvalue weighted by Gasteiger charge is 2.17. The van der Waals surface area contributed by atoms with Crippen LogP contribution in [0.1, 0.15) is 37.1 Å². The highest BCUT2D eigenvalue weighted by atomic mass is 19.3. The standard InChI is InChI=1S/C15H17F2NO2/c1-10(12-7-8-19-9-12)18-11(2)13-5-3-4-6-14(13)20-15(16)17/h3-11,15,18H,1-2H3. The molecule has 2 atom stereocenters. The van der Waals surface area contributed by atoms with Crippen molar-refractivity contribution in [2.75, 3.05) is 0 Å². The minimum atomic E-state index is -2.82. The van der Waals surface area contributed by atoms with Crippen molar-refractivity contribution in [1.82, 2.24) is 5.32 Å². The molecule has 0 amide bonds. The monoisotopic (exact) mass is 281 g/mol. The Kier molecular flexibility index (Phi) is 4.74. The molecule has 1 aromatic heterocycles. The van der Waals surface area contributed by atoms with Gasteiger partial charge < -0.3 is 14.5 Å². The minimum absolute atomic E-state index is 0.0448. The summed E-state index contributed by atoms with van der Waals surface area (Å²) in [6.45, 7) is 1.07. The summed E-state index contributed by atoms with van der Waals surface area (Å²) < 4.78 is 34.4. The van der Waals surface area contributed by atoms with Gasteiger partial charge in [0, 0.05) is 23.2 Å². The largest absolute Gasteiger partial charge is 0.472 e. The highest BCUT2D eigenvalue weighted by Crippen LogP contribution is 2.28. The average molecular weight is 281 g/mol. The molecule has 1 N–H and O–H groups in total. The van der Waals surface area contributed by atoms with E-state index in [1.54, 1.807) is 36.8 Å². The first kappa shape index (κ1) is 14.5. The van der Waals surface area contributed by atoms with Crippen LogP contribution >= 0.6 is 0 Å². The van der Waals surface area contributed by atoms with E-state index >= 15 is 0 Å². The zero-order valence-corrected chi connectivity index (χ0v) is 11.3. The molecule has 0 aliphatic heterocycles. The molecule has 0 bridgehead atoms. The Morgan fingerprint density at radius 3 is 2.50 bits per heavy atom. The van der Waals surface area contributed by atoms with E-state index < -0.39 is 6.61 Å². The number of hydrogen-bond donors (Lipinski definition) is 1. The lowest BCUT2D eigenvalue weighted by molar-refractivity contribution is -0.0506. The lowest BCUT2D eigenvalue weighted by atomic mass is 10.0. The minimum Gasteiger partial charge on any atom is -0.472 e. The van der Waals surface area contributed by atoms with E-state index in [-0.39, 0.29) is 17.8 Å². The van der Waals surface area contributed by atoms with Gasteiger partial charge in [-0.2, -0.15) is 8.78 Å². The third-order valence-electron chi connectivity index (χ3n) is 3.14. The molecule has 0 spiro atoms. The zero-order valence-electron chi connectivity index (χ0n) is 11.3. The fraction of sp³-hybridized carbons (Fsp3) is 0.333. The maximum Gasteiger partial charge on any atom is 0.387 e. The van der Waals surface area contributed by atoms with Crippen LogP contribution in [0.15, 0.2) is 47.3 Å². The van der Waals surface area contributed by atoms with Crippen molar-refractivity contribution in [3.8, 4) is 5.75 Å². The van der Waals surface area contributed by atoms with E-state index in [0.29, 0.717) is 5.56 Å². The van der Waals surface area contributed by atoms with Crippen molar-refractivity contribution in [3.63, 3.8) is 0 Å². The molecule has 0 aliphatic rings. The predicted octanol–water partition coefficient (Wildman–Crippen LogP) is 4.29. The maximum atomic E-state index is 12.4. The van der Waals surface area contributed by atoms with Gasteiger partial charge in [0.2, 0.25) is 0 Å². The van der Waals surface area contributed by atoms with Crippen LogP contribution < -0.4 is 10.1 Å². The van der Waals surface area contributed by atoms with Crippen molar-refractivity contribution in [2.45, 2.75) is 32.5 Å². The summed E-state index contributed by atoms with van der Waals surface area (Å²) in [6, 6.07) is 8.58. The van der Waals surface area contributed by atoms with Gasteiger partial charge in [-0.1, -0.05) is 18.2 Å². The van der Waals surface area contributed by atoms with Gasteiger partial charge >= 0.3 is 6.61 Å². The van der Waals surface area contributed by atoms with Gasteiger partial charge in [-0.15, -0.1) is 0 Å². The zero-order chi connectivity index (χ0) is 14.5. The molecule has 2 rings (SSSR count). The summed E-state index contributed by atoms with van der Waals surface area (Å²) in [5, 5.41) is 3.33. The third kappa shape index (κ3) is 3.57. The normalized spacial score (nSPS) is 14.2. The molecular weight excluding hydrogens is 264 g/mol. The molecular formula is C15H17F2NO2. The summed E-state index contributed by atoms with van der Waals surface area (Å²) in [6.07, 6.45) is 3.26. The fourth-order valence-electron chi connectivity index (χ4n) is 2.12. The van der Waals surface area contributed by atoms with E-state index in [2.05, 4.69) is 10.1 Å². The Labute approximate surface area is 116 Å². The Morgan fingerprint density at radius 1 is 1.10 bits per heavy atom. The van der Waals surface area contributed by atoms with Gasteiger partial charge in [-0.25, -0.2) is 0 Å². The van der Waals surface area contributed by atoms with Gasteiger partial charge in [-0.3, -0.25) is 0 Å². The highest BCUT2D eigenvalue weighted by molar-refractivity contribution is 5.35. The summed E-state index contributed by atoms with van der Waals surface area (Å²) in [4.78, 5) is 0. The molecule has 1 heterocycles. The van der Waals surface area contributed by atoms with Crippen molar-refractivity contribution in [2.24, 2.45) is 0 Å². The molecule has 0 fully saturated rings. The topological polar surface area (TPSA) is 34.4 Å². The molecule has 5 heteroatoms. The van der Waals surface area contributed by atoms with E-state index in [0.717, 1.165) is 5.56 Å². The molecule has 108 valence electrons. The number of para-hydroxylation sites is 1. The van der Waals surface area contributed by atoms with E-state index in [1.807, 2.05) is 19.9 Å². The second-order valence-electron chi connectivity index (χ2n) is 4.58. The fourth-order valence-corrected chi connectivity index (χ4v) is 2.12. The van der Waals surface area contributed by atoms with Gasteiger partial charge in [0.15, 0.2) is 0 Å². The smallest absolute Gasteiger partial charge is 0.387 e. The Balaban J connectivity index is 2.10. The Morgan fingerprint density at radius 2 is 1.85 bits per heavy atom. The second kappa shape index (κ2) is 6.52. The number of alkyl halides is 2. The number of furan rings is 1. The van der Waals surface area contributed by atoms with E-state index in [9.17, 15) is 8.78 Å². The van der Waals surface area contributed by atoms with Crippen LogP contribution in [0.2, 0.25) is 0 Å². The molecule has 0 aliphatic carbocycles. The molecule has 2 aromatic rings. The molecule has 0 radical (unpaired) electrons. The quantitative estimate of drug-likeness (QED) is 0.857. The van der Waals surface area contributed by atoms with Crippen molar-refractivity contribution < 1.29 is 17.9 Å². The summed E-state index contributed by atoms with van der Waals surface area (Å²) >= 11 is 0. The van der Waals surface area contributed by atoms with Crippen molar-refractivity contribution in [1.29, 1.82) is 0 Å². The predicted molar refractivity (Wildman–Crippen MR) is 71.7 cm³/mol. The summed E-state index contributed by atoms with van der Waals surface area (Å²) in [5.74, 6) is 0.196. The number of rotatable bonds is 6. The van der Waals surface area contributed by atoms with Crippen LogP contribution in [0, 0.1) is 0 Å². The maximum absolute atomic E-state index is 12.4. The lowest BCUT2D eigenvalue weighted by Crippen LogP contribution is -2.23. The molecule has 2 unspecified atom stereocenters. The number of hydrogen-bond acceptors (Lipinski definition) is 3. The first-order chi connectivity index (χ1) is 9.58. The second-order valence-corrected chi connectivity index (χ2v) is 4.58. The number of halogens is 2. The van der Waals surface area contributed by atoms with Gasteiger partial charge in [-0.05, 0) is 26.0 Å². The SMILES string of the molecule is CC(NC(C)c1ccccc1OC(F)F)c1ccoc1. The summed E-state index contributed by atoms with van der Waals surface area (Å²) in [7, 11) is 0. The van der Waals surface area contributed by atoms with Gasteiger partial charge in [0.25, 0.3) is 0 Å².